The lowest BCUT2D eigenvalue weighted by molar-refractivity contribution is 0.0744. The second kappa shape index (κ2) is 13.9. The van der Waals surface area contributed by atoms with E-state index >= 15 is 0 Å². The predicted octanol–water partition coefficient (Wildman–Crippen LogP) is 5.77. The van der Waals surface area contributed by atoms with E-state index in [2.05, 4.69) is 43.9 Å². The third-order valence-electron chi connectivity index (χ3n) is 6.34. The highest BCUT2D eigenvalue weighted by molar-refractivity contribution is 5.96. The molecule has 1 fully saturated rings. The van der Waals surface area contributed by atoms with Crippen LogP contribution in [0, 0.1) is 5.92 Å². The maximum Gasteiger partial charge on any atom is 0.254 e. The summed E-state index contributed by atoms with van der Waals surface area (Å²) in [6.45, 7) is 11.1. The quantitative estimate of drug-likeness (QED) is 0.375. The maximum absolute atomic E-state index is 13.9. The Labute approximate surface area is 216 Å². The van der Waals surface area contributed by atoms with Gasteiger partial charge in [-0.2, -0.15) is 0 Å². The molecule has 2 aromatic rings. The Morgan fingerprint density at radius 3 is 2.36 bits per heavy atom. The zero-order valence-corrected chi connectivity index (χ0v) is 22.6. The average Bonchev–Trinajstić information content (AvgIpc) is 2.89. The van der Waals surface area contributed by atoms with Crippen molar-refractivity contribution >= 4 is 12.0 Å². The van der Waals surface area contributed by atoms with E-state index in [-0.39, 0.29) is 5.91 Å². The summed E-state index contributed by atoms with van der Waals surface area (Å²) in [5.41, 5.74) is 2.80. The molecule has 6 nitrogen and oxygen atoms in total. The number of amides is 1. The molecule has 36 heavy (non-hydrogen) atoms. The van der Waals surface area contributed by atoms with Crippen LogP contribution in [0.4, 0.5) is 0 Å². The van der Waals surface area contributed by atoms with Crippen molar-refractivity contribution in [1.82, 2.24) is 9.80 Å². The first-order valence-electron chi connectivity index (χ1n) is 13.0. The van der Waals surface area contributed by atoms with Gasteiger partial charge >= 0.3 is 0 Å². The number of hydrogen-bond donors (Lipinski definition) is 0. The van der Waals surface area contributed by atoms with Gasteiger partial charge in [0.05, 0.1) is 20.8 Å². The van der Waals surface area contributed by atoms with Crippen molar-refractivity contribution in [1.29, 1.82) is 0 Å². The van der Waals surface area contributed by atoms with Gasteiger partial charge < -0.3 is 24.0 Å². The van der Waals surface area contributed by atoms with Crippen LogP contribution in [0.3, 0.4) is 0 Å². The van der Waals surface area contributed by atoms with Gasteiger partial charge in [-0.15, -0.1) is 0 Å². The lowest BCUT2D eigenvalue weighted by atomic mass is 10.1. The molecule has 0 bridgehead atoms. The first-order valence-corrected chi connectivity index (χ1v) is 13.0. The molecule has 1 heterocycles. The van der Waals surface area contributed by atoms with Crippen molar-refractivity contribution in [2.45, 2.75) is 40.0 Å². The molecule has 0 unspecified atom stereocenters. The molecule has 6 heteroatoms. The zero-order valence-electron chi connectivity index (χ0n) is 22.6. The van der Waals surface area contributed by atoms with Crippen molar-refractivity contribution in [2.24, 2.45) is 5.92 Å². The molecule has 0 saturated carbocycles. The van der Waals surface area contributed by atoms with Gasteiger partial charge in [0.25, 0.3) is 5.91 Å². The number of piperidine rings is 1. The molecule has 0 aliphatic carbocycles. The Bertz CT molecular complexity index is 998. The summed E-state index contributed by atoms with van der Waals surface area (Å²) in [6.07, 6.45) is 5.90. The van der Waals surface area contributed by atoms with Crippen LogP contribution in [0.5, 0.6) is 17.2 Å². The molecular weight excluding hydrogens is 452 g/mol. The van der Waals surface area contributed by atoms with Crippen LogP contribution in [0.15, 0.2) is 48.0 Å². The largest absolute Gasteiger partial charge is 0.493 e. The van der Waals surface area contributed by atoms with Gasteiger partial charge in [-0.3, -0.25) is 4.79 Å². The van der Waals surface area contributed by atoms with E-state index in [9.17, 15) is 4.79 Å². The number of carbonyl (C=O) groups excluding carboxylic acids is 1. The monoisotopic (exact) mass is 494 g/mol. The minimum atomic E-state index is -0.0387. The van der Waals surface area contributed by atoms with Crippen LogP contribution in [0.25, 0.3) is 6.08 Å². The summed E-state index contributed by atoms with van der Waals surface area (Å²) in [5.74, 6) is 1.83. The Hall–Kier alpha value is -2.99. The molecule has 0 radical (unpaired) electrons. The summed E-state index contributed by atoms with van der Waals surface area (Å²) in [5, 5.41) is 0. The highest BCUT2D eigenvalue weighted by atomic mass is 16.5. The van der Waals surface area contributed by atoms with E-state index < -0.39 is 0 Å². The fourth-order valence-corrected chi connectivity index (χ4v) is 4.48. The summed E-state index contributed by atoms with van der Waals surface area (Å²) < 4.78 is 17.2. The van der Waals surface area contributed by atoms with Crippen LogP contribution < -0.4 is 14.2 Å². The smallest absolute Gasteiger partial charge is 0.254 e. The van der Waals surface area contributed by atoms with Crippen LogP contribution >= 0.6 is 0 Å². The molecular formula is C30H42N2O4. The van der Waals surface area contributed by atoms with Gasteiger partial charge in [0.1, 0.15) is 0 Å². The minimum absolute atomic E-state index is 0.0387. The van der Waals surface area contributed by atoms with Crippen molar-refractivity contribution in [3.63, 3.8) is 0 Å². The number of benzene rings is 2. The third kappa shape index (κ3) is 8.02. The Morgan fingerprint density at radius 2 is 1.72 bits per heavy atom. The van der Waals surface area contributed by atoms with Gasteiger partial charge in [0.2, 0.25) is 5.75 Å². The van der Waals surface area contributed by atoms with Gasteiger partial charge in [0, 0.05) is 25.2 Å². The molecule has 0 aromatic heterocycles. The molecule has 0 atom stereocenters. The minimum Gasteiger partial charge on any atom is -0.493 e. The highest BCUT2D eigenvalue weighted by Gasteiger charge is 2.23. The first-order chi connectivity index (χ1) is 17.4. The summed E-state index contributed by atoms with van der Waals surface area (Å²) in [6, 6.07) is 13.8. The third-order valence-corrected chi connectivity index (χ3v) is 6.34. The van der Waals surface area contributed by atoms with Gasteiger partial charge in [-0.1, -0.05) is 62.2 Å². The fraction of sp³-hybridized carbons (Fsp3) is 0.500. The molecule has 1 aliphatic heterocycles. The Morgan fingerprint density at radius 1 is 1.03 bits per heavy atom. The maximum atomic E-state index is 13.9. The van der Waals surface area contributed by atoms with Crippen molar-refractivity contribution in [3.8, 4) is 17.2 Å². The van der Waals surface area contributed by atoms with Crippen molar-refractivity contribution < 1.29 is 19.0 Å². The predicted molar refractivity (Wildman–Crippen MR) is 146 cm³/mol. The Kier molecular flexibility index (Phi) is 10.7. The molecule has 0 spiro atoms. The molecule has 3 rings (SSSR count). The van der Waals surface area contributed by atoms with E-state index in [0.29, 0.717) is 48.4 Å². The SMILES string of the molecule is COc1cc(C(=O)N(CCN2CCCCC2)C/C(C)=C/c2ccccc2)cc(OCC(C)C)c1OC. The first kappa shape index (κ1) is 27.6. The number of rotatable bonds is 12. The van der Waals surface area contributed by atoms with Crippen LogP contribution in [0.2, 0.25) is 0 Å². The van der Waals surface area contributed by atoms with Gasteiger partial charge in [0.15, 0.2) is 11.5 Å². The van der Waals surface area contributed by atoms with Crippen molar-refractivity contribution in [3.05, 3.63) is 59.2 Å². The van der Waals surface area contributed by atoms with E-state index in [1.807, 2.05) is 23.1 Å². The number of likely N-dealkylation sites (tertiary alicyclic amines) is 1. The van der Waals surface area contributed by atoms with Gasteiger partial charge in [-0.05, 0) is 56.5 Å². The number of ether oxygens (including phenoxy) is 3. The standard InChI is InChI=1S/C30H42N2O4/c1-23(2)22-36-28-20-26(19-27(34-4)29(28)35-5)30(33)32(17-16-31-14-10-7-11-15-31)21-24(3)18-25-12-8-6-9-13-25/h6,8-9,12-13,18-20,23H,7,10-11,14-17,21-22H2,1-5H3/b24-18+. The molecule has 1 aliphatic rings. The molecule has 196 valence electrons. The molecule has 1 amide bonds. The Balaban J connectivity index is 1.88. The summed E-state index contributed by atoms with van der Waals surface area (Å²) in [4.78, 5) is 18.3. The van der Waals surface area contributed by atoms with Crippen LogP contribution in [-0.2, 0) is 0 Å². The van der Waals surface area contributed by atoms with Gasteiger partial charge in [-0.25, -0.2) is 0 Å². The normalized spacial score (nSPS) is 14.6. The summed E-state index contributed by atoms with van der Waals surface area (Å²) in [7, 11) is 3.17. The highest BCUT2D eigenvalue weighted by Crippen LogP contribution is 2.39. The molecule has 0 N–H and O–H groups in total. The molecule has 2 aromatic carbocycles. The number of carbonyl (C=O) groups is 1. The van der Waals surface area contributed by atoms with Crippen LogP contribution in [-0.4, -0.2) is 69.3 Å². The number of nitrogens with zero attached hydrogens (tertiary/aromatic N) is 2. The fourth-order valence-electron chi connectivity index (χ4n) is 4.48. The van der Waals surface area contributed by atoms with E-state index in [1.54, 1.807) is 26.4 Å². The lowest BCUT2D eigenvalue weighted by Crippen LogP contribution is -2.41. The zero-order chi connectivity index (χ0) is 25.9. The molecule has 1 saturated heterocycles. The second-order valence-corrected chi connectivity index (χ2v) is 9.95. The van der Waals surface area contributed by atoms with E-state index in [0.717, 1.165) is 30.8 Å². The topological polar surface area (TPSA) is 51.2 Å². The van der Waals surface area contributed by atoms with E-state index in [4.69, 9.17) is 14.2 Å². The van der Waals surface area contributed by atoms with Crippen LogP contribution in [0.1, 0.15) is 56.0 Å². The lowest BCUT2D eigenvalue weighted by Gasteiger charge is -2.30. The van der Waals surface area contributed by atoms with Crippen molar-refractivity contribution in [2.75, 3.05) is 53.6 Å². The van der Waals surface area contributed by atoms with E-state index in [1.165, 1.54) is 19.3 Å². The average molecular weight is 495 g/mol. The number of hydrogen-bond acceptors (Lipinski definition) is 5. The number of methoxy groups -OCH3 is 2. The second-order valence-electron chi connectivity index (χ2n) is 9.95. The summed E-state index contributed by atoms with van der Waals surface area (Å²) >= 11 is 0.